The standard InChI is InChI=1S/C16H17N3O4/c20-13-9-14(21)19(12-6-2-1-3-7-12)18-15(13)16(22)17-11-5-4-8-23-10-11/h1-3,6-7,9,11,20H,4-5,8,10H2,(H,17,22). The van der Waals surface area contributed by atoms with Crippen molar-refractivity contribution in [1.29, 1.82) is 0 Å². The van der Waals surface area contributed by atoms with Crippen LogP contribution in [-0.4, -0.2) is 40.0 Å². The van der Waals surface area contributed by atoms with E-state index < -0.39 is 17.2 Å². The van der Waals surface area contributed by atoms with Crippen molar-refractivity contribution in [2.24, 2.45) is 0 Å². The molecule has 1 aromatic carbocycles. The van der Waals surface area contributed by atoms with Gasteiger partial charge in [-0.25, -0.2) is 0 Å². The van der Waals surface area contributed by atoms with Crippen molar-refractivity contribution in [3.63, 3.8) is 0 Å². The second-order valence-electron chi connectivity index (χ2n) is 5.35. The first-order valence-electron chi connectivity index (χ1n) is 7.42. The molecule has 23 heavy (non-hydrogen) atoms. The zero-order valence-electron chi connectivity index (χ0n) is 12.4. The summed E-state index contributed by atoms with van der Waals surface area (Å²) < 4.78 is 6.40. The van der Waals surface area contributed by atoms with Gasteiger partial charge < -0.3 is 15.2 Å². The summed E-state index contributed by atoms with van der Waals surface area (Å²) in [6.07, 6.45) is 1.68. The Hall–Kier alpha value is -2.67. The Balaban J connectivity index is 1.89. The summed E-state index contributed by atoms with van der Waals surface area (Å²) in [6, 6.07) is 9.60. The number of aromatic hydroxyl groups is 1. The van der Waals surface area contributed by atoms with Gasteiger partial charge in [-0.05, 0) is 25.0 Å². The van der Waals surface area contributed by atoms with Crippen molar-refractivity contribution < 1.29 is 14.6 Å². The molecule has 7 heteroatoms. The Morgan fingerprint density at radius 3 is 2.83 bits per heavy atom. The number of amides is 1. The molecule has 1 unspecified atom stereocenters. The Morgan fingerprint density at radius 2 is 2.13 bits per heavy atom. The van der Waals surface area contributed by atoms with Crippen molar-refractivity contribution >= 4 is 5.91 Å². The molecule has 3 rings (SSSR count). The van der Waals surface area contributed by atoms with Crippen LogP contribution < -0.4 is 10.9 Å². The number of nitrogens with one attached hydrogen (secondary N) is 1. The number of carbonyl (C=O) groups excluding carboxylic acids is 1. The number of para-hydroxylation sites is 1. The summed E-state index contributed by atoms with van der Waals surface area (Å²) >= 11 is 0. The summed E-state index contributed by atoms with van der Waals surface area (Å²) in [7, 11) is 0. The third kappa shape index (κ3) is 3.40. The maximum Gasteiger partial charge on any atom is 0.275 e. The number of benzene rings is 1. The predicted molar refractivity (Wildman–Crippen MR) is 82.8 cm³/mol. The smallest absolute Gasteiger partial charge is 0.275 e. The van der Waals surface area contributed by atoms with Gasteiger partial charge >= 0.3 is 0 Å². The van der Waals surface area contributed by atoms with Crippen LogP contribution in [0.25, 0.3) is 5.69 Å². The summed E-state index contributed by atoms with van der Waals surface area (Å²) in [6.45, 7) is 1.12. The molecule has 1 fully saturated rings. The minimum absolute atomic E-state index is 0.116. The van der Waals surface area contributed by atoms with Crippen LogP contribution in [-0.2, 0) is 4.74 Å². The molecule has 2 heterocycles. The van der Waals surface area contributed by atoms with Gasteiger partial charge in [0, 0.05) is 12.7 Å². The van der Waals surface area contributed by atoms with Gasteiger partial charge in [-0.15, -0.1) is 0 Å². The SMILES string of the molecule is O=C(NC1CCCOC1)c1nn(-c2ccccc2)c(=O)cc1O. The Morgan fingerprint density at radius 1 is 1.35 bits per heavy atom. The molecule has 1 saturated heterocycles. The lowest BCUT2D eigenvalue weighted by atomic mass is 10.1. The minimum Gasteiger partial charge on any atom is -0.505 e. The molecule has 1 atom stereocenters. The van der Waals surface area contributed by atoms with Gasteiger partial charge in [0.25, 0.3) is 11.5 Å². The molecular weight excluding hydrogens is 298 g/mol. The van der Waals surface area contributed by atoms with E-state index in [-0.39, 0.29) is 11.7 Å². The first-order valence-corrected chi connectivity index (χ1v) is 7.42. The molecule has 120 valence electrons. The van der Waals surface area contributed by atoms with E-state index in [9.17, 15) is 14.7 Å². The lowest BCUT2D eigenvalue weighted by Gasteiger charge is -2.23. The molecule has 0 saturated carbocycles. The molecule has 2 N–H and O–H groups in total. The average Bonchev–Trinajstić information content (AvgIpc) is 2.56. The fourth-order valence-corrected chi connectivity index (χ4v) is 2.47. The number of rotatable bonds is 3. The quantitative estimate of drug-likeness (QED) is 0.876. The highest BCUT2D eigenvalue weighted by Gasteiger charge is 2.21. The van der Waals surface area contributed by atoms with E-state index in [4.69, 9.17) is 4.74 Å². The zero-order chi connectivity index (χ0) is 16.2. The van der Waals surface area contributed by atoms with E-state index >= 15 is 0 Å². The molecular formula is C16H17N3O4. The molecule has 2 aromatic rings. The molecule has 0 spiro atoms. The zero-order valence-corrected chi connectivity index (χ0v) is 12.4. The summed E-state index contributed by atoms with van der Waals surface area (Å²) in [4.78, 5) is 24.3. The Kier molecular flexibility index (Phi) is 4.38. The molecule has 0 radical (unpaired) electrons. The van der Waals surface area contributed by atoms with Gasteiger partial charge in [0.15, 0.2) is 11.4 Å². The van der Waals surface area contributed by atoms with Crippen molar-refractivity contribution in [1.82, 2.24) is 15.1 Å². The predicted octanol–water partition coefficient (Wildman–Crippen LogP) is 0.847. The Labute approximate surface area is 132 Å². The van der Waals surface area contributed by atoms with E-state index in [1.165, 1.54) is 0 Å². The molecule has 1 amide bonds. The summed E-state index contributed by atoms with van der Waals surface area (Å²) in [5.41, 5.74) is -0.169. The number of hydrogen-bond acceptors (Lipinski definition) is 5. The number of hydrogen-bond donors (Lipinski definition) is 2. The molecule has 0 bridgehead atoms. The van der Waals surface area contributed by atoms with E-state index in [0.29, 0.717) is 18.9 Å². The van der Waals surface area contributed by atoms with Gasteiger partial charge in [-0.1, -0.05) is 18.2 Å². The highest BCUT2D eigenvalue weighted by molar-refractivity contribution is 5.94. The summed E-state index contributed by atoms with van der Waals surface area (Å²) in [5, 5.41) is 16.7. The van der Waals surface area contributed by atoms with Crippen LogP contribution in [0, 0.1) is 0 Å². The largest absolute Gasteiger partial charge is 0.505 e. The van der Waals surface area contributed by atoms with Crippen LogP contribution >= 0.6 is 0 Å². The van der Waals surface area contributed by atoms with E-state index in [1.807, 2.05) is 6.07 Å². The van der Waals surface area contributed by atoms with Crippen LogP contribution in [0.5, 0.6) is 5.75 Å². The number of aromatic nitrogens is 2. The van der Waals surface area contributed by atoms with E-state index in [0.717, 1.165) is 23.6 Å². The van der Waals surface area contributed by atoms with Gasteiger partial charge in [0.1, 0.15) is 0 Å². The summed E-state index contributed by atoms with van der Waals surface area (Å²) in [5.74, 6) is -0.959. The number of carbonyl (C=O) groups is 1. The van der Waals surface area contributed by atoms with Crippen molar-refractivity contribution in [3.8, 4) is 11.4 Å². The van der Waals surface area contributed by atoms with Gasteiger partial charge in [0.05, 0.1) is 18.3 Å². The normalized spacial score (nSPS) is 17.7. The molecule has 7 nitrogen and oxygen atoms in total. The van der Waals surface area contributed by atoms with Crippen LogP contribution in [0.2, 0.25) is 0 Å². The third-order valence-electron chi connectivity index (χ3n) is 3.62. The number of nitrogens with zero attached hydrogens (tertiary/aromatic N) is 2. The molecule has 0 aliphatic carbocycles. The lowest BCUT2D eigenvalue weighted by molar-refractivity contribution is 0.0620. The fraction of sp³-hybridized carbons (Fsp3) is 0.312. The third-order valence-corrected chi connectivity index (χ3v) is 3.62. The van der Waals surface area contributed by atoms with Gasteiger partial charge in [0.2, 0.25) is 0 Å². The fourth-order valence-electron chi connectivity index (χ4n) is 2.47. The van der Waals surface area contributed by atoms with E-state index in [1.54, 1.807) is 24.3 Å². The first-order chi connectivity index (χ1) is 11.1. The van der Waals surface area contributed by atoms with E-state index in [2.05, 4.69) is 10.4 Å². The van der Waals surface area contributed by atoms with Crippen molar-refractivity contribution in [2.75, 3.05) is 13.2 Å². The van der Waals surface area contributed by atoms with Crippen LogP contribution in [0.1, 0.15) is 23.3 Å². The van der Waals surface area contributed by atoms with Crippen LogP contribution in [0.4, 0.5) is 0 Å². The topological polar surface area (TPSA) is 93.5 Å². The lowest BCUT2D eigenvalue weighted by Crippen LogP contribution is -2.41. The highest BCUT2D eigenvalue weighted by atomic mass is 16.5. The molecule has 1 aliphatic heterocycles. The maximum atomic E-state index is 12.3. The molecule has 1 aromatic heterocycles. The van der Waals surface area contributed by atoms with Crippen LogP contribution in [0.15, 0.2) is 41.2 Å². The average molecular weight is 315 g/mol. The van der Waals surface area contributed by atoms with Crippen LogP contribution in [0.3, 0.4) is 0 Å². The maximum absolute atomic E-state index is 12.3. The second-order valence-corrected chi connectivity index (χ2v) is 5.35. The van der Waals surface area contributed by atoms with Crippen molar-refractivity contribution in [3.05, 3.63) is 52.4 Å². The Bertz CT molecular complexity index is 752. The van der Waals surface area contributed by atoms with Gasteiger partial charge in [-0.2, -0.15) is 9.78 Å². The second kappa shape index (κ2) is 6.62. The number of ether oxygens (including phenoxy) is 1. The van der Waals surface area contributed by atoms with Gasteiger partial charge in [-0.3, -0.25) is 9.59 Å². The minimum atomic E-state index is -0.525. The molecule has 1 aliphatic rings. The van der Waals surface area contributed by atoms with Crippen molar-refractivity contribution in [2.45, 2.75) is 18.9 Å². The highest BCUT2D eigenvalue weighted by Crippen LogP contribution is 2.14. The first kappa shape index (κ1) is 15.2. The monoisotopic (exact) mass is 315 g/mol.